The molecule has 0 spiro atoms. The van der Waals surface area contributed by atoms with Crippen molar-refractivity contribution < 1.29 is 14.6 Å². The maximum Gasteiger partial charge on any atom is 0.260 e. The summed E-state index contributed by atoms with van der Waals surface area (Å²) in [6.07, 6.45) is 3.76. The molecule has 0 bridgehead atoms. The number of β-amino-alcohol motifs (C(OH)–C–C–N with tert-alkyl or cyclic N) is 1. The number of aryl methyl sites for hydroxylation is 1. The van der Waals surface area contributed by atoms with E-state index in [1.165, 1.54) is 0 Å². The number of carbonyl (C=O) groups excluding carboxylic acids is 1. The molecule has 1 aliphatic heterocycles. The molecule has 1 unspecified atom stereocenters. The van der Waals surface area contributed by atoms with Crippen LogP contribution in [-0.4, -0.2) is 40.6 Å². The molecule has 3 rings (SSSR count). The number of benzene rings is 1. The largest absolute Gasteiger partial charge is 0.482 e. The van der Waals surface area contributed by atoms with E-state index in [-0.39, 0.29) is 12.5 Å². The molecular formula is C18H20N2O3. The standard InChI is InChI=1S/C18H20N2O3/c1-14-5-2-3-7-16(14)18(22)8-10-20(13-18)17(21)12-23-15-6-4-9-19-11-15/h2-7,9,11,22H,8,10,12-13H2,1H3. The lowest BCUT2D eigenvalue weighted by atomic mass is 9.89. The van der Waals surface area contributed by atoms with E-state index in [0.29, 0.717) is 25.3 Å². The van der Waals surface area contributed by atoms with Crippen molar-refractivity contribution >= 4 is 5.91 Å². The van der Waals surface area contributed by atoms with E-state index in [2.05, 4.69) is 4.98 Å². The van der Waals surface area contributed by atoms with Crippen LogP contribution in [0.5, 0.6) is 5.75 Å². The van der Waals surface area contributed by atoms with Crippen LogP contribution in [0.1, 0.15) is 17.5 Å². The average Bonchev–Trinajstić information content (AvgIpc) is 2.97. The molecule has 5 heteroatoms. The SMILES string of the molecule is Cc1ccccc1C1(O)CCN(C(=O)COc2cccnc2)C1. The van der Waals surface area contributed by atoms with Gasteiger partial charge in [0, 0.05) is 12.7 Å². The Morgan fingerprint density at radius 1 is 1.35 bits per heavy atom. The molecule has 1 amide bonds. The Hall–Kier alpha value is -2.40. The molecule has 1 aromatic carbocycles. The molecule has 23 heavy (non-hydrogen) atoms. The molecule has 1 atom stereocenters. The highest BCUT2D eigenvalue weighted by Crippen LogP contribution is 2.33. The lowest BCUT2D eigenvalue weighted by Gasteiger charge is -2.25. The predicted molar refractivity (Wildman–Crippen MR) is 86.0 cm³/mol. The third-order valence-electron chi connectivity index (χ3n) is 4.24. The maximum atomic E-state index is 12.3. The summed E-state index contributed by atoms with van der Waals surface area (Å²) >= 11 is 0. The zero-order valence-electron chi connectivity index (χ0n) is 13.1. The Kier molecular flexibility index (Phi) is 4.30. The lowest BCUT2D eigenvalue weighted by molar-refractivity contribution is -0.133. The van der Waals surface area contributed by atoms with Gasteiger partial charge in [-0.15, -0.1) is 0 Å². The molecule has 1 aromatic heterocycles. The van der Waals surface area contributed by atoms with Crippen LogP contribution in [-0.2, 0) is 10.4 Å². The molecule has 1 N–H and O–H groups in total. The first-order valence-electron chi connectivity index (χ1n) is 7.68. The van der Waals surface area contributed by atoms with E-state index < -0.39 is 5.60 Å². The summed E-state index contributed by atoms with van der Waals surface area (Å²) in [6, 6.07) is 11.3. The molecule has 0 radical (unpaired) electrons. The normalized spacial score (nSPS) is 20.5. The van der Waals surface area contributed by atoms with Crippen LogP contribution in [0.4, 0.5) is 0 Å². The zero-order chi connectivity index (χ0) is 16.3. The van der Waals surface area contributed by atoms with Crippen LogP contribution in [0.25, 0.3) is 0 Å². The summed E-state index contributed by atoms with van der Waals surface area (Å²) in [6.45, 7) is 2.76. The third-order valence-corrected chi connectivity index (χ3v) is 4.24. The Labute approximate surface area is 135 Å². The molecule has 1 fully saturated rings. The smallest absolute Gasteiger partial charge is 0.260 e. The fourth-order valence-corrected chi connectivity index (χ4v) is 2.99. The quantitative estimate of drug-likeness (QED) is 0.936. The topological polar surface area (TPSA) is 62.7 Å². The van der Waals surface area contributed by atoms with Crippen molar-refractivity contribution in [1.82, 2.24) is 9.88 Å². The molecule has 1 aliphatic rings. The van der Waals surface area contributed by atoms with Gasteiger partial charge in [0.05, 0.1) is 12.7 Å². The van der Waals surface area contributed by atoms with Gasteiger partial charge in [0.1, 0.15) is 11.4 Å². The van der Waals surface area contributed by atoms with Crippen LogP contribution < -0.4 is 4.74 Å². The molecular weight excluding hydrogens is 292 g/mol. The number of ether oxygens (including phenoxy) is 1. The molecule has 2 heterocycles. The first kappa shape index (κ1) is 15.5. The van der Waals surface area contributed by atoms with Crippen molar-refractivity contribution in [3.63, 3.8) is 0 Å². The number of amides is 1. The number of aromatic nitrogens is 1. The van der Waals surface area contributed by atoms with Crippen LogP contribution in [0, 0.1) is 6.92 Å². The van der Waals surface area contributed by atoms with Crippen molar-refractivity contribution in [2.45, 2.75) is 18.9 Å². The summed E-state index contributed by atoms with van der Waals surface area (Å²) in [7, 11) is 0. The van der Waals surface area contributed by atoms with Crippen molar-refractivity contribution in [2.75, 3.05) is 19.7 Å². The van der Waals surface area contributed by atoms with Gasteiger partial charge in [0.2, 0.25) is 0 Å². The molecule has 5 nitrogen and oxygen atoms in total. The molecule has 0 saturated carbocycles. The van der Waals surface area contributed by atoms with Crippen LogP contribution in [0.2, 0.25) is 0 Å². The van der Waals surface area contributed by atoms with E-state index in [9.17, 15) is 9.90 Å². The van der Waals surface area contributed by atoms with Gasteiger partial charge in [-0.25, -0.2) is 0 Å². The van der Waals surface area contributed by atoms with Crippen molar-refractivity contribution in [3.8, 4) is 5.75 Å². The maximum absolute atomic E-state index is 12.3. The number of aliphatic hydroxyl groups is 1. The minimum Gasteiger partial charge on any atom is -0.482 e. The van der Waals surface area contributed by atoms with Crippen LogP contribution >= 0.6 is 0 Å². The minimum absolute atomic E-state index is 0.0461. The van der Waals surface area contributed by atoms with Gasteiger partial charge in [-0.1, -0.05) is 24.3 Å². The third kappa shape index (κ3) is 3.35. The van der Waals surface area contributed by atoms with E-state index >= 15 is 0 Å². The lowest BCUT2D eigenvalue weighted by Crippen LogP contribution is -2.37. The monoisotopic (exact) mass is 312 g/mol. The van der Waals surface area contributed by atoms with E-state index in [1.54, 1.807) is 29.4 Å². The van der Waals surface area contributed by atoms with Crippen molar-refractivity contribution in [1.29, 1.82) is 0 Å². The van der Waals surface area contributed by atoms with E-state index in [1.807, 2.05) is 31.2 Å². The van der Waals surface area contributed by atoms with Crippen molar-refractivity contribution in [3.05, 3.63) is 59.9 Å². The fourth-order valence-electron chi connectivity index (χ4n) is 2.99. The highest BCUT2D eigenvalue weighted by Gasteiger charge is 2.40. The highest BCUT2D eigenvalue weighted by atomic mass is 16.5. The molecule has 2 aromatic rings. The first-order valence-corrected chi connectivity index (χ1v) is 7.68. The van der Waals surface area contributed by atoms with E-state index in [0.717, 1.165) is 11.1 Å². The van der Waals surface area contributed by atoms with Crippen molar-refractivity contribution in [2.24, 2.45) is 0 Å². The second-order valence-corrected chi connectivity index (χ2v) is 5.89. The second-order valence-electron chi connectivity index (χ2n) is 5.89. The van der Waals surface area contributed by atoms with Crippen LogP contribution in [0.15, 0.2) is 48.8 Å². The highest BCUT2D eigenvalue weighted by molar-refractivity contribution is 5.78. The molecule has 0 aliphatic carbocycles. The average molecular weight is 312 g/mol. The Balaban J connectivity index is 1.63. The second kappa shape index (κ2) is 6.38. The predicted octanol–water partition coefficient (Wildman–Crippen LogP) is 1.89. The molecule has 120 valence electrons. The van der Waals surface area contributed by atoms with Gasteiger partial charge in [0.25, 0.3) is 5.91 Å². The Morgan fingerprint density at radius 3 is 2.91 bits per heavy atom. The minimum atomic E-state index is -0.977. The first-order chi connectivity index (χ1) is 11.1. The zero-order valence-corrected chi connectivity index (χ0v) is 13.1. The number of pyridine rings is 1. The molecule has 1 saturated heterocycles. The summed E-state index contributed by atoms with van der Waals surface area (Å²) in [5, 5.41) is 10.9. The summed E-state index contributed by atoms with van der Waals surface area (Å²) in [4.78, 5) is 17.9. The van der Waals surface area contributed by atoms with Crippen LogP contribution in [0.3, 0.4) is 0 Å². The fraction of sp³-hybridized carbons (Fsp3) is 0.333. The van der Waals surface area contributed by atoms with Gasteiger partial charge in [0.15, 0.2) is 6.61 Å². The number of nitrogens with zero attached hydrogens (tertiary/aromatic N) is 2. The van der Waals surface area contributed by atoms with E-state index in [4.69, 9.17) is 4.74 Å². The summed E-state index contributed by atoms with van der Waals surface area (Å²) in [5.74, 6) is 0.438. The Morgan fingerprint density at radius 2 is 2.17 bits per heavy atom. The summed E-state index contributed by atoms with van der Waals surface area (Å²) in [5.41, 5.74) is 0.953. The van der Waals surface area contributed by atoms with Gasteiger partial charge >= 0.3 is 0 Å². The number of likely N-dealkylation sites (tertiary alicyclic amines) is 1. The van der Waals surface area contributed by atoms with Gasteiger partial charge in [-0.3, -0.25) is 9.78 Å². The number of hydrogen-bond acceptors (Lipinski definition) is 4. The number of hydrogen-bond donors (Lipinski definition) is 1. The Bertz CT molecular complexity index is 690. The summed E-state index contributed by atoms with van der Waals surface area (Å²) < 4.78 is 5.44. The number of rotatable bonds is 4. The van der Waals surface area contributed by atoms with Gasteiger partial charge in [-0.05, 0) is 36.6 Å². The number of carbonyl (C=O) groups is 1. The van der Waals surface area contributed by atoms with Gasteiger partial charge in [-0.2, -0.15) is 0 Å². The van der Waals surface area contributed by atoms with Gasteiger partial charge < -0.3 is 14.7 Å².